The fourth-order valence-corrected chi connectivity index (χ4v) is 2.55. The van der Waals surface area contributed by atoms with Gasteiger partial charge in [-0.25, -0.2) is 0 Å². The summed E-state index contributed by atoms with van der Waals surface area (Å²) in [7, 11) is 4.19. The van der Waals surface area contributed by atoms with E-state index in [9.17, 15) is 0 Å². The highest BCUT2D eigenvalue weighted by Gasteiger charge is 2.32. The number of nitrogens with zero attached hydrogens (tertiary/aromatic N) is 1. The molecule has 0 aromatic heterocycles. The summed E-state index contributed by atoms with van der Waals surface area (Å²) in [5.41, 5.74) is 2.82. The lowest BCUT2D eigenvalue weighted by atomic mass is 9.84. The van der Waals surface area contributed by atoms with E-state index in [2.05, 4.69) is 58.3 Å². The molecule has 15 heavy (non-hydrogen) atoms. The van der Waals surface area contributed by atoms with E-state index in [0.717, 1.165) is 17.4 Å². The number of hydrogen-bond acceptors (Lipinski definition) is 2. The predicted molar refractivity (Wildman–Crippen MR) is 68.4 cm³/mol. The summed E-state index contributed by atoms with van der Waals surface area (Å²) in [6.07, 6.45) is 1.14. The summed E-state index contributed by atoms with van der Waals surface area (Å²) in [5, 5.41) is 3.44. The molecule has 0 saturated carbocycles. The van der Waals surface area contributed by atoms with Gasteiger partial charge in [-0.05, 0) is 44.2 Å². The van der Waals surface area contributed by atoms with Crippen LogP contribution in [0.3, 0.4) is 0 Å². The standard InChI is InChI=1S/C12H17BrN2/c1-12(14-2)6-7-15(3)11-5-4-9(13)8-10(11)12/h4-5,8,14H,6-7H2,1-3H3. The molecule has 1 heterocycles. The molecule has 0 saturated heterocycles. The molecule has 3 heteroatoms. The zero-order valence-electron chi connectivity index (χ0n) is 9.47. The fraction of sp³-hybridized carbons (Fsp3) is 0.500. The molecule has 0 amide bonds. The molecule has 2 nitrogen and oxygen atoms in total. The van der Waals surface area contributed by atoms with Crippen molar-refractivity contribution in [3.05, 3.63) is 28.2 Å². The number of nitrogens with one attached hydrogen (secondary N) is 1. The second kappa shape index (κ2) is 3.80. The highest BCUT2D eigenvalue weighted by Crippen LogP contribution is 2.38. The molecule has 1 aromatic rings. The van der Waals surface area contributed by atoms with Gasteiger partial charge < -0.3 is 10.2 Å². The molecule has 0 spiro atoms. The van der Waals surface area contributed by atoms with Crippen molar-refractivity contribution in [2.45, 2.75) is 18.9 Å². The molecule has 0 aliphatic carbocycles. The van der Waals surface area contributed by atoms with Crippen molar-refractivity contribution in [2.75, 3.05) is 25.5 Å². The maximum absolute atomic E-state index is 3.54. The van der Waals surface area contributed by atoms with Crippen molar-refractivity contribution in [3.8, 4) is 0 Å². The minimum Gasteiger partial charge on any atom is -0.374 e. The number of anilines is 1. The van der Waals surface area contributed by atoms with Crippen molar-refractivity contribution in [2.24, 2.45) is 0 Å². The second-order valence-electron chi connectivity index (χ2n) is 4.42. The van der Waals surface area contributed by atoms with Crippen LogP contribution in [0.2, 0.25) is 0 Å². The molecular weight excluding hydrogens is 252 g/mol. The quantitative estimate of drug-likeness (QED) is 0.843. The Morgan fingerprint density at radius 3 is 2.87 bits per heavy atom. The first-order chi connectivity index (χ1) is 7.07. The Morgan fingerprint density at radius 1 is 1.47 bits per heavy atom. The maximum Gasteiger partial charge on any atom is 0.0441 e. The van der Waals surface area contributed by atoms with Crippen LogP contribution in [0, 0.1) is 0 Å². The van der Waals surface area contributed by atoms with E-state index in [1.807, 2.05) is 7.05 Å². The van der Waals surface area contributed by atoms with E-state index in [1.165, 1.54) is 11.3 Å². The van der Waals surface area contributed by atoms with Crippen LogP contribution in [0.5, 0.6) is 0 Å². The number of rotatable bonds is 1. The lowest BCUT2D eigenvalue weighted by Gasteiger charge is -2.40. The van der Waals surface area contributed by atoms with Crippen LogP contribution < -0.4 is 10.2 Å². The van der Waals surface area contributed by atoms with Gasteiger partial charge in [0.2, 0.25) is 0 Å². The van der Waals surface area contributed by atoms with Crippen molar-refractivity contribution in [3.63, 3.8) is 0 Å². The Morgan fingerprint density at radius 2 is 2.20 bits per heavy atom. The van der Waals surface area contributed by atoms with Crippen LogP contribution in [0.15, 0.2) is 22.7 Å². The molecule has 82 valence electrons. The lowest BCUT2D eigenvalue weighted by molar-refractivity contribution is 0.359. The normalized spacial score (nSPS) is 25.2. The van der Waals surface area contributed by atoms with E-state index < -0.39 is 0 Å². The third kappa shape index (κ3) is 1.79. The van der Waals surface area contributed by atoms with Gasteiger partial charge in [0.25, 0.3) is 0 Å². The van der Waals surface area contributed by atoms with Gasteiger partial charge in [0.05, 0.1) is 0 Å². The molecule has 1 atom stereocenters. The summed E-state index contributed by atoms with van der Waals surface area (Å²) < 4.78 is 1.15. The predicted octanol–water partition coefficient (Wildman–Crippen LogP) is 2.72. The first kappa shape index (κ1) is 11.0. The molecule has 0 fully saturated rings. The topological polar surface area (TPSA) is 15.3 Å². The van der Waals surface area contributed by atoms with Crippen molar-refractivity contribution in [1.82, 2.24) is 5.32 Å². The minimum absolute atomic E-state index is 0.103. The molecule has 1 aliphatic rings. The summed E-state index contributed by atoms with van der Waals surface area (Å²) in [6, 6.07) is 6.52. The lowest BCUT2D eigenvalue weighted by Crippen LogP contribution is -2.44. The molecule has 0 bridgehead atoms. The molecule has 0 radical (unpaired) electrons. The van der Waals surface area contributed by atoms with E-state index in [4.69, 9.17) is 0 Å². The molecule has 1 aromatic carbocycles. The number of benzene rings is 1. The summed E-state index contributed by atoms with van der Waals surface area (Å²) in [5.74, 6) is 0. The Hall–Kier alpha value is -0.540. The Balaban J connectivity index is 2.56. The molecule has 2 rings (SSSR count). The van der Waals surface area contributed by atoms with Crippen LogP contribution >= 0.6 is 15.9 Å². The number of halogens is 1. The van der Waals surface area contributed by atoms with Crippen molar-refractivity contribution < 1.29 is 0 Å². The average Bonchev–Trinajstić information content (AvgIpc) is 2.24. The highest BCUT2D eigenvalue weighted by molar-refractivity contribution is 9.10. The maximum atomic E-state index is 3.54. The molecular formula is C12H17BrN2. The van der Waals surface area contributed by atoms with E-state index >= 15 is 0 Å². The minimum atomic E-state index is 0.103. The Labute approximate surface area is 99.8 Å². The summed E-state index contributed by atoms with van der Waals surface area (Å²) in [4.78, 5) is 2.32. The SMILES string of the molecule is CNC1(C)CCN(C)c2ccc(Br)cc21. The van der Waals surface area contributed by atoms with Crippen LogP contribution in [-0.4, -0.2) is 20.6 Å². The molecule has 1 aliphatic heterocycles. The zero-order valence-corrected chi connectivity index (χ0v) is 11.1. The molecule has 1 N–H and O–H groups in total. The third-order valence-electron chi connectivity index (χ3n) is 3.46. The van der Waals surface area contributed by atoms with Crippen LogP contribution in [0.4, 0.5) is 5.69 Å². The first-order valence-electron chi connectivity index (χ1n) is 5.27. The van der Waals surface area contributed by atoms with Gasteiger partial charge in [-0.2, -0.15) is 0 Å². The van der Waals surface area contributed by atoms with Crippen LogP contribution in [-0.2, 0) is 5.54 Å². The van der Waals surface area contributed by atoms with E-state index in [-0.39, 0.29) is 5.54 Å². The third-order valence-corrected chi connectivity index (χ3v) is 3.96. The van der Waals surface area contributed by atoms with Gasteiger partial charge in [0.1, 0.15) is 0 Å². The molecule has 1 unspecified atom stereocenters. The van der Waals surface area contributed by atoms with Gasteiger partial charge in [-0.1, -0.05) is 15.9 Å². The van der Waals surface area contributed by atoms with Gasteiger partial charge in [-0.15, -0.1) is 0 Å². The largest absolute Gasteiger partial charge is 0.374 e. The van der Waals surface area contributed by atoms with Crippen LogP contribution in [0.25, 0.3) is 0 Å². The average molecular weight is 269 g/mol. The Kier molecular flexibility index (Phi) is 2.77. The van der Waals surface area contributed by atoms with Gasteiger partial charge in [0.15, 0.2) is 0 Å². The smallest absolute Gasteiger partial charge is 0.0441 e. The zero-order chi connectivity index (χ0) is 11.1. The van der Waals surface area contributed by atoms with E-state index in [0.29, 0.717) is 0 Å². The van der Waals surface area contributed by atoms with Crippen molar-refractivity contribution in [1.29, 1.82) is 0 Å². The highest BCUT2D eigenvalue weighted by atomic mass is 79.9. The second-order valence-corrected chi connectivity index (χ2v) is 5.33. The summed E-state index contributed by atoms with van der Waals surface area (Å²) in [6.45, 7) is 3.37. The van der Waals surface area contributed by atoms with Gasteiger partial charge in [-0.3, -0.25) is 0 Å². The fourth-order valence-electron chi connectivity index (χ4n) is 2.19. The van der Waals surface area contributed by atoms with Gasteiger partial charge >= 0.3 is 0 Å². The summed E-state index contributed by atoms with van der Waals surface area (Å²) >= 11 is 3.54. The number of hydrogen-bond donors (Lipinski definition) is 1. The Bertz CT molecular complexity index is 378. The monoisotopic (exact) mass is 268 g/mol. The van der Waals surface area contributed by atoms with Gasteiger partial charge in [0, 0.05) is 29.3 Å². The van der Waals surface area contributed by atoms with Crippen molar-refractivity contribution >= 4 is 21.6 Å². The van der Waals surface area contributed by atoms with Crippen LogP contribution in [0.1, 0.15) is 18.9 Å². The first-order valence-corrected chi connectivity index (χ1v) is 6.06. The van der Waals surface area contributed by atoms with E-state index in [1.54, 1.807) is 0 Å². The number of fused-ring (bicyclic) bond motifs is 1.